The van der Waals surface area contributed by atoms with Gasteiger partial charge in [-0.15, -0.1) is 0 Å². The molecule has 4 heteroatoms. The zero-order valence-corrected chi connectivity index (χ0v) is 9.77. The molecule has 0 saturated heterocycles. The average molecular weight is 243 g/mol. The van der Waals surface area contributed by atoms with Gasteiger partial charge >= 0.3 is 0 Å². The summed E-state index contributed by atoms with van der Waals surface area (Å²) in [6, 6.07) is 1.55. The zero-order chi connectivity index (χ0) is 12.4. The topological polar surface area (TPSA) is 12.0 Å². The maximum atomic E-state index is 13.4. The van der Waals surface area contributed by atoms with E-state index in [1.165, 1.54) is 12.8 Å². The van der Waals surface area contributed by atoms with Crippen molar-refractivity contribution in [2.24, 2.45) is 5.92 Å². The fourth-order valence-electron chi connectivity index (χ4n) is 2.45. The monoisotopic (exact) mass is 243 g/mol. The molecule has 0 aliphatic heterocycles. The number of hydrogen-bond donors (Lipinski definition) is 1. The summed E-state index contributed by atoms with van der Waals surface area (Å²) in [6.45, 7) is 1.96. The lowest BCUT2D eigenvalue weighted by Crippen LogP contribution is -2.24. The van der Waals surface area contributed by atoms with Crippen LogP contribution >= 0.6 is 0 Å². The molecule has 1 nitrogen and oxygen atoms in total. The van der Waals surface area contributed by atoms with Crippen LogP contribution in [0.1, 0.15) is 32.6 Å². The lowest BCUT2D eigenvalue weighted by molar-refractivity contribution is 0.473. The van der Waals surface area contributed by atoms with Gasteiger partial charge in [0.05, 0.1) is 5.69 Å². The molecule has 0 aromatic heterocycles. The Labute approximate surface area is 99.0 Å². The van der Waals surface area contributed by atoms with Crippen molar-refractivity contribution in [1.29, 1.82) is 0 Å². The van der Waals surface area contributed by atoms with E-state index in [2.05, 4.69) is 5.32 Å². The maximum Gasteiger partial charge on any atom is 0.161 e. The van der Waals surface area contributed by atoms with Gasteiger partial charge in [0, 0.05) is 18.2 Å². The largest absolute Gasteiger partial charge is 0.380 e. The standard InChI is InChI=1S/C13H16F3N/c1-8(9-4-2-3-5-9)17-13-7-11(15)10(14)6-12(13)16/h6-9,17H,2-5H2,1H3. The Morgan fingerprint density at radius 2 is 1.65 bits per heavy atom. The minimum atomic E-state index is -1.15. The molecule has 94 valence electrons. The molecule has 1 aliphatic carbocycles. The second-order valence-electron chi connectivity index (χ2n) is 4.72. The smallest absolute Gasteiger partial charge is 0.161 e. The molecule has 1 fully saturated rings. The molecule has 1 unspecified atom stereocenters. The lowest BCUT2D eigenvalue weighted by Gasteiger charge is -2.21. The van der Waals surface area contributed by atoms with Gasteiger partial charge in [-0.05, 0) is 25.7 Å². The Bertz CT molecular complexity index is 400. The van der Waals surface area contributed by atoms with Crippen LogP contribution in [-0.2, 0) is 0 Å². The molecule has 1 aliphatic rings. The van der Waals surface area contributed by atoms with Crippen LogP contribution in [0.25, 0.3) is 0 Å². The van der Waals surface area contributed by atoms with E-state index in [4.69, 9.17) is 0 Å². The predicted molar refractivity (Wildman–Crippen MR) is 61.4 cm³/mol. The first-order chi connectivity index (χ1) is 8.08. The van der Waals surface area contributed by atoms with Gasteiger partial charge < -0.3 is 5.32 Å². The first-order valence-corrected chi connectivity index (χ1v) is 5.99. The highest BCUT2D eigenvalue weighted by atomic mass is 19.2. The van der Waals surface area contributed by atoms with Crippen LogP contribution in [0.15, 0.2) is 12.1 Å². The molecule has 17 heavy (non-hydrogen) atoms. The molecular weight excluding hydrogens is 227 g/mol. The highest BCUT2D eigenvalue weighted by Gasteiger charge is 2.22. The molecule has 1 atom stereocenters. The Morgan fingerprint density at radius 1 is 1.06 bits per heavy atom. The normalized spacial score (nSPS) is 18.4. The quantitative estimate of drug-likeness (QED) is 0.788. The van der Waals surface area contributed by atoms with E-state index in [9.17, 15) is 13.2 Å². The number of nitrogens with one attached hydrogen (secondary N) is 1. The Balaban J connectivity index is 2.09. The average Bonchev–Trinajstić information content (AvgIpc) is 2.79. The van der Waals surface area contributed by atoms with Crippen molar-refractivity contribution in [2.45, 2.75) is 38.6 Å². The first-order valence-electron chi connectivity index (χ1n) is 5.99. The van der Waals surface area contributed by atoms with Crippen molar-refractivity contribution in [1.82, 2.24) is 0 Å². The van der Waals surface area contributed by atoms with Gasteiger partial charge in [-0.3, -0.25) is 0 Å². The highest BCUT2D eigenvalue weighted by Crippen LogP contribution is 2.30. The van der Waals surface area contributed by atoms with Crippen LogP contribution in [0, 0.1) is 23.4 Å². The van der Waals surface area contributed by atoms with Gasteiger partial charge in [0.25, 0.3) is 0 Å². The van der Waals surface area contributed by atoms with E-state index in [1.54, 1.807) is 0 Å². The minimum absolute atomic E-state index is 0.0447. The number of anilines is 1. The number of rotatable bonds is 3. The molecule has 0 spiro atoms. The molecule has 0 bridgehead atoms. The Kier molecular flexibility index (Phi) is 3.60. The SMILES string of the molecule is CC(Nc1cc(F)c(F)cc1F)C1CCCC1. The molecule has 0 heterocycles. The lowest BCUT2D eigenvalue weighted by atomic mass is 9.99. The minimum Gasteiger partial charge on any atom is -0.380 e. The van der Waals surface area contributed by atoms with Gasteiger partial charge in [-0.2, -0.15) is 0 Å². The van der Waals surface area contributed by atoms with Gasteiger partial charge in [0.15, 0.2) is 11.6 Å². The molecule has 1 aromatic rings. The number of benzene rings is 1. The van der Waals surface area contributed by atoms with E-state index >= 15 is 0 Å². The third kappa shape index (κ3) is 2.73. The summed E-state index contributed by atoms with van der Waals surface area (Å²) < 4.78 is 39.2. The van der Waals surface area contributed by atoms with Crippen molar-refractivity contribution in [2.75, 3.05) is 5.32 Å². The second kappa shape index (κ2) is 4.98. The third-order valence-electron chi connectivity index (χ3n) is 3.50. The van der Waals surface area contributed by atoms with Gasteiger partial charge in [0.1, 0.15) is 5.82 Å². The molecular formula is C13H16F3N. The van der Waals surface area contributed by atoms with Crippen molar-refractivity contribution in [3.05, 3.63) is 29.6 Å². The van der Waals surface area contributed by atoms with Crippen molar-refractivity contribution < 1.29 is 13.2 Å². The van der Waals surface area contributed by atoms with Gasteiger partial charge in [-0.25, -0.2) is 13.2 Å². The highest BCUT2D eigenvalue weighted by molar-refractivity contribution is 5.46. The summed E-state index contributed by atoms with van der Waals surface area (Å²) >= 11 is 0. The molecule has 1 N–H and O–H groups in total. The second-order valence-corrected chi connectivity index (χ2v) is 4.72. The van der Waals surface area contributed by atoms with Crippen LogP contribution in [0.2, 0.25) is 0 Å². The molecule has 0 amide bonds. The van der Waals surface area contributed by atoms with Crippen molar-refractivity contribution in [3.8, 4) is 0 Å². The molecule has 2 rings (SSSR count). The Morgan fingerprint density at radius 3 is 2.29 bits per heavy atom. The zero-order valence-electron chi connectivity index (χ0n) is 9.77. The number of halogens is 3. The predicted octanol–water partition coefficient (Wildman–Crippen LogP) is 4.09. The summed E-state index contributed by atoms with van der Waals surface area (Å²) in [7, 11) is 0. The van der Waals surface area contributed by atoms with E-state index in [-0.39, 0.29) is 11.7 Å². The molecule has 0 radical (unpaired) electrons. The van der Waals surface area contributed by atoms with E-state index < -0.39 is 17.5 Å². The van der Waals surface area contributed by atoms with Crippen molar-refractivity contribution in [3.63, 3.8) is 0 Å². The van der Waals surface area contributed by atoms with Crippen molar-refractivity contribution >= 4 is 5.69 Å². The van der Waals surface area contributed by atoms with Crippen LogP contribution < -0.4 is 5.32 Å². The third-order valence-corrected chi connectivity index (χ3v) is 3.50. The van der Waals surface area contributed by atoms with Crippen LogP contribution in [0.3, 0.4) is 0 Å². The maximum absolute atomic E-state index is 13.4. The summed E-state index contributed by atoms with van der Waals surface area (Å²) in [6.07, 6.45) is 4.60. The fourth-order valence-corrected chi connectivity index (χ4v) is 2.45. The van der Waals surface area contributed by atoms with E-state index in [0.717, 1.165) is 18.9 Å². The summed E-state index contributed by atoms with van der Waals surface area (Å²) in [5.74, 6) is -2.43. The van der Waals surface area contributed by atoms with E-state index in [1.807, 2.05) is 6.92 Å². The summed E-state index contributed by atoms with van der Waals surface area (Å²) in [4.78, 5) is 0. The fraction of sp³-hybridized carbons (Fsp3) is 0.538. The van der Waals surface area contributed by atoms with Crippen LogP contribution in [0.4, 0.5) is 18.9 Å². The van der Waals surface area contributed by atoms with E-state index in [0.29, 0.717) is 12.0 Å². The first kappa shape index (κ1) is 12.3. The van der Waals surface area contributed by atoms with Gasteiger partial charge in [0.2, 0.25) is 0 Å². The van der Waals surface area contributed by atoms with Crippen LogP contribution in [-0.4, -0.2) is 6.04 Å². The van der Waals surface area contributed by atoms with Crippen LogP contribution in [0.5, 0.6) is 0 Å². The molecule has 1 saturated carbocycles. The molecule has 1 aromatic carbocycles. The Hall–Kier alpha value is -1.19. The number of hydrogen-bond acceptors (Lipinski definition) is 1. The summed E-state index contributed by atoms with van der Waals surface area (Å²) in [5, 5.41) is 2.94. The van der Waals surface area contributed by atoms with Gasteiger partial charge in [-0.1, -0.05) is 12.8 Å². The summed E-state index contributed by atoms with van der Waals surface area (Å²) in [5.41, 5.74) is 0.0447.